The number of rotatable bonds is 1. The Morgan fingerprint density at radius 3 is 2.53 bits per heavy atom. The average Bonchev–Trinajstić information content (AvgIpc) is 2.15. The van der Waals surface area contributed by atoms with Crippen LogP contribution in [0.2, 0.25) is 0 Å². The molecule has 1 amide bonds. The summed E-state index contributed by atoms with van der Waals surface area (Å²) in [5.74, 6) is 0. The number of carbonyl (C=O) groups is 1. The summed E-state index contributed by atoms with van der Waals surface area (Å²) in [6.45, 7) is 6.34. The molecule has 1 aliphatic rings. The predicted molar refractivity (Wildman–Crippen MR) is 57.6 cm³/mol. The molecule has 1 fully saturated rings. The van der Waals surface area contributed by atoms with E-state index in [1.54, 1.807) is 12.0 Å². The molecule has 1 heterocycles. The monoisotopic (exact) mass is 215 g/mol. The Bertz CT molecular complexity index is 222. The number of methoxy groups -OCH3 is 1. The minimum atomic E-state index is -0.438. The summed E-state index contributed by atoms with van der Waals surface area (Å²) in [5.41, 5.74) is -0.438. The summed E-state index contributed by atoms with van der Waals surface area (Å²) in [4.78, 5) is 13.5. The number of hydrogen-bond acceptors (Lipinski definition) is 3. The van der Waals surface area contributed by atoms with Crippen LogP contribution in [0.5, 0.6) is 0 Å². The highest BCUT2D eigenvalue weighted by atomic mass is 16.6. The molecule has 0 spiro atoms. The van der Waals surface area contributed by atoms with Crippen LogP contribution in [-0.2, 0) is 9.47 Å². The second-order valence-electron chi connectivity index (χ2n) is 4.86. The van der Waals surface area contributed by atoms with Crippen LogP contribution in [0.25, 0.3) is 0 Å². The second-order valence-corrected chi connectivity index (χ2v) is 4.86. The maximum absolute atomic E-state index is 11.8. The first-order valence-electron chi connectivity index (χ1n) is 5.46. The van der Waals surface area contributed by atoms with Gasteiger partial charge in [0, 0.05) is 13.7 Å². The van der Waals surface area contributed by atoms with Crippen LogP contribution in [0.3, 0.4) is 0 Å². The molecule has 4 heteroatoms. The van der Waals surface area contributed by atoms with Crippen molar-refractivity contribution >= 4 is 6.09 Å². The lowest BCUT2D eigenvalue weighted by Gasteiger charge is -2.35. The van der Waals surface area contributed by atoms with Gasteiger partial charge >= 0.3 is 6.09 Å². The largest absolute Gasteiger partial charge is 0.444 e. The van der Waals surface area contributed by atoms with Crippen LogP contribution < -0.4 is 0 Å². The Labute approximate surface area is 91.5 Å². The lowest BCUT2D eigenvalue weighted by atomic mass is 10.1. The SMILES string of the molecule is COC1CCCCN1C(=O)OC(C)(C)C. The summed E-state index contributed by atoms with van der Waals surface area (Å²) >= 11 is 0. The van der Waals surface area contributed by atoms with Gasteiger partial charge in [-0.05, 0) is 40.0 Å². The van der Waals surface area contributed by atoms with Gasteiger partial charge in [-0.15, -0.1) is 0 Å². The molecule has 0 bridgehead atoms. The molecule has 1 rings (SSSR count). The quantitative estimate of drug-likeness (QED) is 0.674. The molecule has 1 aliphatic heterocycles. The van der Waals surface area contributed by atoms with Crippen molar-refractivity contribution in [3.63, 3.8) is 0 Å². The molecule has 0 saturated carbocycles. The zero-order chi connectivity index (χ0) is 11.5. The van der Waals surface area contributed by atoms with E-state index in [1.165, 1.54) is 0 Å². The van der Waals surface area contributed by atoms with Gasteiger partial charge in [-0.2, -0.15) is 0 Å². The third-order valence-corrected chi connectivity index (χ3v) is 2.35. The molecule has 1 unspecified atom stereocenters. The second kappa shape index (κ2) is 4.84. The number of amides is 1. The van der Waals surface area contributed by atoms with Crippen LogP contribution in [0.4, 0.5) is 4.79 Å². The predicted octanol–water partition coefficient (Wildman–Crippen LogP) is 2.38. The molecule has 0 N–H and O–H groups in total. The van der Waals surface area contributed by atoms with Gasteiger partial charge < -0.3 is 9.47 Å². The number of carbonyl (C=O) groups excluding carboxylic acids is 1. The third kappa shape index (κ3) is 3.70. The van der Waals surface area contributed by atoms with Crippen LogP contribution in [0.1, 0.15) is 40.0 Å². The van der Waals surface area contributed by atoms with Crippen molar-refractivity contribution in [2.24, 2.45) is 0 Å². The number of likely N-dealkylation sites (tertiary alicyclic amines) is 1. The van der Waals surface area contributed by atoms with E-state index in [9.17, 15) is 4.79 Å². The summed E-state index contributed by atoms with van der Waals surface area (Å²) in [5, 5.41) is 0. The Kier molecular flexibility index (Phi) is 3.97. The Morgan fingerprint density at radius 2 is 2.00 bits per heavy atom. The number of piperidine rings is 1. The summed E-state index contributed by atoms with van der Waals surface area (Å²) in [6, 6.07) is 0. The van der Waals surface area contributed by atoms with Crippen molar-refractivity contribution < 1.29 is 14.3 Å². The zero-order valence-electron chi connectivity index (χ0n) is 10.1. The highest BCUT2D eigenvalue weighted by Crippen LogP contribution is 2.20. The van der Waals surface area contributed by atoms with Gasteiger partial charge in [0.05, 0.1) is 0 Å². The summed E-state index contributed by atoms with van der Waals surface area (Å²) in [7, 11) is 1.63. The summed E-state index contributed by atoms with van der Waals surface area (Å²) in [6.07, 6.45) is 2.65. The molecule has 1 saturated heterocycles. The Balaban J connectivity index is 2.56. The normalized spacial score (nSPS) is 22.7. The number of hydrogen-bond donors (Lipinski definition) is 0. The topological polar surface area (TPSA) is 38.8 Å². The Morgan fingerprint density at radius 1 is 1.33 bits per heavy atom. The number of ether oxygens (including phenoxy) is 2. The highest BCUT2D eigenvalue weighted by molar-refractivity contribution is 5.68. The molecular weight excluding hydrogens is 194 g/mol. The number of nitrogens with zero attached hydrogens (tertiary/aromatic N) is 1. The van der Waals surface area contributed by atoms with E-state index in [0.717, 1.165) is 25.8 Å². The lowest BCUT2D eigenvalue weighted by molar-refractivity contribution is -0.0649. The third-order valence-electron chi connectivity index (χ3n) is 2.35. The molecule has 88 valence electrons. The standard InChI is InChI=1S/C11H21NO3/c1-11(2,3)15-10(13)12-8-6-5-7-9(12)14-4/h9H,5-8H2,1-4H3. The minimum absolute atomic E-state index is 0.117. The zero-order valence-corrected chi connectivity index (χ0v) is 10.1. The molecule has 0 radical (unpaired) electrons. The fourth-order valence-electron chi connectivity index (χ4n) is 1.68. The fourth-order valence-corrected chi connectivity index (χ4v) is 1.68. The minimum Gasteiger partial charge on any atom is -0.444 e. The smallest absolute Gasteiger partial charge is 0.412 e. The molecule has 0 aromatic heterocycles. The van der Waals surface area contributed by atoms with E-state index in [0.29, 0.717) is 0 Å². The molecule has 4 nitrogen and oxygen atoms in total. The fraction of sp³-hybridized carbons (Fsp3) is 0.909. The van der Waals surface area contributed by atoms with E-state index in [2.05, 4.69) is 0 Å². The van der Waals surface area contributed by atoms with Gasteiger partial charge in [0.15, 0.2) is 0 Å². The first kappa shape index (κ1) is 12.3. The Hall–Kier alpha value is -0.770. The van der Waals surface area contributed by atoms with Crippen molar-refractivity contribution in [1.82, 2.24) is 4.90 Å². The van der Waals surface area contributed by atoms with E-state index >= 15 is 0 Å². The first-order valence-corrected chi connectivity index (χ1v) is 5.46. The summed E-state index contributed by atoms with van der Waals surface area (Å²) < 4.78 is 10.6. The molecular formula is C11H21NO3. The van der Waals surface area contributed by atoms with Crippen LogP contribution in [0.15, 0.2) is 0 Å². The van der Waals surface area contributed by atoms with Crippen LogP contribution in [0, 0.1) is 0 Å². The van der Waals surface area contributed by atoms with Gasteiger partial charge in [0.1, 0.15) is 11.8 Å². The van der Waals surface area contributed by atoms with Crippen molar-refractivity contribution in [2.45, 2.75) is 51.9 Å². The molecule has 0 aliphatic carbocycles. The van der Waals surface area contributed by atoms with Gasteiger partial charge in [-0.1, -0.05) is 0 Å². The van der Waals surface area contributed by atoms with Crippen molar-refractivity contribution in [2.75, 3.05) is 13.7 Å². The van der Waals surface area contributed by atoms with E-state index in [1.807, 2.05) is 20.8 Å². The molecule has 0 aromatic rings. The maximum atomic E-state index is 11.8. The van der Waals surface area contributed by atoms with Gasteiger partial charge in [0.2, 0.25) is 0 Å². The van der Waals surface area contributed by atoms with Crippen molar-refractivity contribution in [3.8, 4) is 0 Å². The molecule has 1 atom stereocenters. The van der Waals surface area contributed by atoms with Crippen LogP contribution >= 0.6 is 0 Å². The van der Waals surface area contributed by atoms with Crippen molar-refractivity contribution in [3.05, 3.63) is 0 Å². The first-order chi connectivity index (χ1) is 6.94. The molecule has 15 heavy (non-hydrogen) atoms. The molecule has 0 aromatic carbocycles. The van der Waals surface area contributed by atoms with Crippen molar-refractivity contribution in [1.29, 1.82) is 0 Å². The van der Waals surface area contributed by atoms with Gasteiger partial charge in [-0.3, -0.25) is 4.90 Å². The average molecular weight is 215 g/mol. The van der Waals surface area contributed by atoms with E-state index in [4.69, 9.17) is 9.47 Å². The lowest BCUT2D eigenvalue weighted by Crippen LogP contribution is -2.46. The van der Waals surface area contributed by atoms with Crippen LogP contribution in [-0.4, -0.2) is 36.5 Å². The van der Waals surface area contributed by atoms with E-state index < -0.39 is 5.60 Å². The van der Waals surface area contributed by atoms with Gasteiger partial charge in [0.25, 0.3) is 0 Å². The van der Waals surface area contributed by atoms with Gasteiger partial charge in [-0.25, -0.2) is 4.79 Å². The maximum Gasteiger partial charge on any atom is 0.412 e. The highest BCUT2D eigenvalue weighted by Gasteiger charge is 2.30. The van der Waals surface area contributed by atoms with E-state index in [-0.39, 0.29) is 12.3 Å².